The maximum atomic E-state index is 5.42. The summed E-state index contributed by atoms with van der Waals surface area (Å²) in [5, 5.41) is 6.85. The maximum Gasteiger partial charge on any atom is 0.141 e. The third kappa shape index (κ3) is 6.88. The van der Waals surface area contributed by atoms with Gasteiger partial charge in [0.25, 0.3) is 0 Å². The van der Waals surface area contributed by atoms with E-state index in [1.165, 1.54) is 48.7 Å². The molecule has 1 atom stereocenters. The normalized spacial score (nSPS) is 13.6. The van der Waals surface area contributed by atoms with E-state index in [9.17, 15) is 0 Å². The summed E-state index contributed by atoms with van der Waals surface area (Å²) < 4.78 is 9.34. The Bertz CT molecular complexity index is 3670. The van der Waals surface area contributed by atoms with Gasteiger partial charge in [-0.15, -0.1) is 11.3 Å². The number of hydrogen-bond donors (Lipinski definition) is 0. The van der Waals surface area contributed by atoms with Crippen LogP contribution in [0.25, 0.3) is 84.6 Å². The van der Waals surface area contributed by atoms with E-state index in [4.69, 9.17) is 9.97 Å². The predicted octanol–water partition coefficient (Wildman–Crippen LogP) is 13.8. The molecular formula is C56H39Br2N5S. The van der Waals surface area contributed by atoms with Gasteiger partial charge in [0.15, 0.2) is 0 Å². The highest BCUT2D eigenvalue weighted by Crippen LogP contribution is 2.37. The van der Waals surface area contributed by atoms with Crippen molar-refractivity contribution in [3.05, 3.63) is 217 Å². The molecule has 308 valence electrons. The smallest absolute Gasteiger partial charge is 0.141 e. The number of para-hydroxylation sites is 2. The quantitative estimate of drug-likeness (QED) is 0.145. The topological polar surface area (TPSA) is 40.6 Å². The molecule has 0 saturated heterocycles. The highest BCUT2D eigenvalue weighted by atomic mass is 79.9. The van der Waals surface area contributed by atoms with E-state index in [0.29, 0.717) is 6.54 Å². The van der Waals surface area contributed by atoms with Crippen molar-refractivity contribution in [2.45, 2.75) is 25.4 Å². The minimum atomic E-state index is 0.216. The number of benzene rings is 7. The van der Waals surface area contributed by atoms with Crippen molar-refractivity contribution in [3.63, 3.8) is 0 Å². The van der Waals surface area contributed by atoms with Gasteiger partial charge in [-0.3, -0.25) is 0 Å². The summed E-state index contributed by atoms with van der Waals surface area (Å²) in [5.74, 6) is 2.16. The largest absolute Gasteiger partial charge is 0.319 e. The molecule has 64 heavy (non-hydrogen) atoms. The molecule has 7 aromatic carbocycles. The molecule has 1 unspecified atom stereocenters. The molecule has 0 aliphatic heterocycles. The van der Waals surface area contributed by atoms with Crippen LogP contribution in [0.15, 0.2) is 190 Å². The molecule has 5 nitrogen and oxygen atoms in total. The molecular weight excluding hydrogens is 935 g/mol. The van der Waals surface area contributed by atoms with Crippen molar-refractivity contribution in [3.8, 4) is 39.6 Å². The Balaban J connectivity index is 0.927. The van der Waals surface area contributed by atoms with Crippen LogP contribution in [0.2, 0.25) is 0 Å². The van der Waals surface area contributed by atoms with E-state index in [-0.39, 0.29) is 5.92 Å². The molecule has 8 heteroatoms. The van der Waals surface area contributed by atoms with Gasteiger partial charge < -0.3 is 13.7 Å². The van der Waals surface area contributed by atoms with E-state index in [2.05, 4.69) is 239 Å². The van der Waals surface area contributed by atoms with E-state index < -0.39 is 0 Å². The van der Waals surface area contributed by atoms with Gasteiger partial charge in [0.05, 0.1) is 45.9 Å². The van der Waals surface area contributed by atoms with Gasteiger partial charge in [0.2, 0.25) is 0 Å². The van der Waals surface area contributed by atoms with Gasteiger partial charge in [0, 0.05) is 47.3 Å². The fourth-order valence-corrected chi connectivity index (χ4v) is 11.3. The molecule has 0 bridgehead atoms. The number of aromatic nitrogens is 5. The summed E-state index contributed by atoms with van der Waals surface area (Å²) in [5.41, 5.74) is 12.6. The standard InChI is InChI=1S/C56H39Br2N5S/c57-46-17-9-7-13-42(46)34-61-52-28-25-40(39-24-27-51-45(31-39)44-16-8-10-18-50(44)63(51)43-14-5-2-6-15-43)32-49(52)60-56(61)38-21-19-36(20-22-38)41-23-26-48-53(33-41)62(35-54-47(58)29-30-64-54)55(59-48)37-11-3-1-4-12-37/h1-22,24-33,41H,23,34-35H2. The zero-order valence-corrected chi connectivity index (χ0v) is 38.6. The number of imidazole rings is 2. The Morgan fingerprint density at radius 1 is 0.547 bits per heavy atom. The fraction of sp³-hybridized carbons (Fsp3) is 0.0714. The highest BCUT2D eigenvalue weighted by molar-refractivity contribution is 9.10. The van der Waals surface area contributed by atoms with E-state index in [1.807, 2.05) is 0 Å². The molecule has 0 saturated carbocycles. The van der Waals surface area contributed by atoms with Crippen LogP contribution < -0.4 is 10.7 Å². The van der Waals surface area contributed by atoms with E-state index in [1.54, 1.807) is 11.3 Å². The van der Waals surface area contributed by atoms with Gasteiger partial charge >= 0.3 is 0 Å². The maximum absolute atomic E-state index is 5.42. The Morgan fingerprint density at radius 3 is 2.02 bits per heavy atom. The van der Waals surface area contributed by atoms with Gasteiger partial charge in [-0.25, -0.2) is 9.97 Å². The van der Waals surface area contributed by atoms with Crippen molar-refractivity contribution >= 4 is 88.2 Å². The van der Waals surface area contributed by atoms with Gasteiger partial charge in [-0.2, -0.15) is 0 Å². The van der Waals surface area contributed by atoms with Crippen molar-refractivity contribution in [1.82, 2.24) is 23.7 Å². The highest BCUT2D eigenvalue weighted by Gasteiger charge is 2.21. The van der Waals surface area contributed by atoms with Crippen molar-refractivity contribution in [2.24, 2.45) is 0 Å². The SMILES string of the molecule is Brc1ccccc1Cn1c(-c2ccc(C3C=c4c(nc(-c5ccccc5)n4Cc4sccc4Br)=CC3)cc2)nc2cc(-c3ccc4c(c3)c3ccccc3n4-c3ccccc3)ccc21. The molecule has 0 amide bonds. The summed E-state index contributed by atoms with van der Waals surface area (Å²) in [6.07, 6.45) is 5.63. The van der Waals surface area contributed by atoms with E-state index in [0.717, 1.165) is 72.3 Å². The lowest BCUT2D eigenvalue weighted by atomic mass is 9.92. The number of thiophene rings is 1. The van der Waals surface area contributed by atoms with Crippen LogP contribution in [0, 0.1) is 0 Å². The zero-order chi connectivity index (χ0) is 42.7. The second-order valence-electron chi connectivity index (χ2n) is 16.4. The minimum Gasteiger partial charge on any atom is -0.319 e. The lowest BCUT2D eigenvalue weighted by Gasteiger charge is -2.16. The fourth-order valence-electron chi connectivity index (χ4n) is 9.46. The lowest BCUT2D eigenvalue weighted by Crippen LogP contribution is -2.33. The Kier molecular flexibility index (Phi) is 9.88. The molecule has 1 aliphatic carbocycles. The molecule has 0 radical (unpaired) electrons. The number of rotatable bonds is 9. The molecule has 1 aliphatic rings. The number of fused-ring (bicyclic) bond motifs is 5. The Morgan fingerprint density at radius 2 is 1.22 bits per heavy atom. The zero-order valence-electron chi connectivity index (χ0n) is 34.6. The summed E-state index contributed by atoms with van der Waals surface area (Å²) in [4.78, 5) is 11.9. The summed E-state index contributed by atoms with van der Waals surface area (Å²) in [7, 11) is 0. The van der Waals surface area contributed by atoms with E-state index >= 15 is 0 Å². The Hall–Kier alpha value is -6.58. The first-order valence-electron chi connectivity index (χ1n) is 21.5. The molecule has 11 aromatic rings. The first kappa shape index (κ1) is 39.0. The third-order valence-corrected chi connectivity index (χ3v) is 15.3. The second kappa shape index (κ2) is 16.2. The number of nitrogens with zero attached hydrogens (tertiary/aromatic N) is 5. The van der Waals surface area contributed by atoms with Crippen molar-refractivity contribution in [1.29, 1.82) is 0 Å². The monoisotopic (exact) mass is 971 g/mol. The third-order valence-electron chi connectivity index (χ3n) is 12.6. The van der Waals surface area contributed by atoms with Crippen LogP contribution in [0.4, 0.5) is 0 Å². The van der Waals surface area contributed by atoms with Crippen LogP contribution in [0.1, 0.15) is 28.3 Å². The molecule has 4 aromatic heterocycles. The predicted molar refractivity (Wildman–Crippen MR) is 273 cm³/mol. The first-order valence-corrected chi connectivity index (χ1v) is 24.0. The average molecular weight is 974 g/mol. The van der Waals surface area contributed by atoms with Crippen LogP contribution in [-0.4, -0.2) is 23.7 Å². The Labute approximate surface area is 391 Å². The van der Waals surface area contributed by atoms with Crippen LogP contribution in [0.5, 0.6) is 0 Å². The summed E-state index contributed by atoms with van der Waals surface area (Å²) >= 11 is 9.40. The minimum absolute atomic E-state index is 0.216. The number of hydrogen-bond acceptors (Lipinski definition) is 3. The van der Waals surface area contributed by atoms with Crippen LogP contribution >= 0.6 is 43.2 Å². The average Bonchev–Trinajstić information content (AvgIpc) is 4.12. The van der Waals surface area contributed by atoms with Gasteiger partial charge in [0.1, 0.15) is 11.6 Å². The van der Waals surface area contributed by atoms with Crippen LogP contribution in [-0.2, 0) is 13.1 Å². The van der Waals surface area contributed by atoms with Crippen molar-refractivity contribution in [2.75, 3.05) is 0 Å². The van der Waals surface area contributed by atoms with Crippen molar-refractivity contribution < 1.29 is 0 Å². The van der Waals surface area contributed by atoms with Crippen LogP contribution in [0.3, 0.4) is 0 Å². The molecule has 4 heterocycles. The summed E-state index contributed by atoms with van der Waals surface area (Å²) in [6.45, 7) is 1.44. The summed E-state index contributed by atoms with van der Waals surface area (Å²) in [6, 6.07) is 63.2. The molecule has 0 fully saturated rings. The molecule has 0 spiro atoms. The lowest BCUT2D eigenvalue weighted by molar-refractivity contribution is 0.779. The van der Waals surface area contributed by atoms with Gasteiger partial charge in [-0.05, 0) is 105 Å². The first-order chi connectivity index (χ1) is 31.5. The molecule has 0 N–H and O–H groups in total. The van der Waals surface area contributed by atoms with Gasteiger partial charge in [-0.1, -0.05) is 149 Å². The second-order valence-corrected chi connectivity index (χ2v) is 19.1. The molecule has 12 rings (SSSR count). The number of halogens is 2.